The van der Waals surface area contributed by atoms with Gasteiger partial charge in [-0.05, 0) is 12.8 Å². The highest BCUT2D eigenvalue weighted by atomic mass is 15.3. The fourth-order valence-electron chi connectivity index (χ4n) is 1.88. The lowest BCUT2D eigenvalue weighted by Crippen LogP contribution is -2.11. The lowest BCUT2D eigenvalue weighted by Gasteiger charge is -2.13. The molecule has 3 N–H and O–H groups in total. The van der Waals surface area contributed by atoms with E-state index in [1.807, 2.05) is 4.68 Å². The van der Waals surface area contributed by atoms with Gasteiger partial charge in [0.15, 0.2) is 11.5 Å². The first-order chi connectivity index (χ1) is 7.81. The maximum absolute atomic E-state index is 5.39. The number of anilines is 1. The zero-order chi connectivity index (χ0) is 11.5. The third-order valence-corrected chi connectivity index (χ3v) is 2.82. The topological polar surface area (TPSA) is 81.7 Å². The molecule has 0 aliphatic heterocycles. The van der Waals surface area contributed by atoms with Gasteiger partial charge in [0.25, 0.3) is 0 Å². The molecule has 0 atom stereocenters. The molecule has 0 aliphatic rings. The second-order valence-electron chi connectivity index (χ2n) is 3.66. The second-order valence-corrected chi connectivity index (χ2v) is 3.66. The average Bonchev–Trinajstić information content (AvgIpc) is 2.75. The van der Waals surface area contributed by atoms with Gasteiger partial charge in [-0.15, -0.1) is 0 Å². The number of nitrogens with one attached hydrogen (secondary N) is 1. The van der Waals surface area contributed by atoms with Crippen LogP contribution in [0.15, 0.2) is 12.5 Å². The predicted molar refractivity (Wildman–Crippen MR) is 62.8 cm³/mol. The van der Waals surface area contributed by atoms with Gasteiger partial charge in [-0.1, -0.05) is 13.8 Å². The smallest absolute Gasteiger partial charge is 0.163 e. The molecule has 86 valence electrons. The summed E-state index contributed by atoms with van der Waals surface area (Å²) in [5.41, 5.74) is 3.38. The predicted octanol–water partition coefficient (Wildman–Crippen LogP) is 1.47. The van der Waals surface area contributed by atoms with Crippen molar-refractivity contribution >= 4 is 16.9 Å². The summed E-state index contributed by atoms with van der Waals surface area (Å²) in [6.45, 7) is 4.29. The van der Waals surface area contributed by atoms with Crippen molar-refractivity contribution in [1.82, 2.24) is 19.7 Å². The molecular weight excluding hydrogens is 204 g/mol. The van der Waals surface area contributed by atoms with E-state index in [1.165, 1.54) is 6.33 Å². The van der Waals surface area contributed by atoms with Crippen molar-refractivity contribution in [1.29, 1.82) is 0 Å². The third-order valence-electron chi connectivity index (χ3n) is 2.82. The fraction of sp³-hybridized carbons (Fsp3) is 0.500. The van der Waals surface area contributed by atoms with Gasteiger partial charge >= 0.3 is 0 Å². The molecule has 0 radical (unpaired) electrons. The molecule has 2 heterocycles. The molecule has 0 bridgehead atoms. The van der Waals surface area contributed by atoms with Gasteiger partial charge < -0.3 is 5.43 Å². The average molecular weight is 220 g/mol. The number of nitrogen functional groups attached to an aromatic ring is 1. The van der Waals surface area contributed by atoms with Gasteiger partial charge in [0, 0.05) is 0 Å². The zero-order valence-electron chi connectivity index (χ0n) is 9.51. The normalized spacial score (nSPS) is 11.2. The van der Waals surface area contributed by atoms with Crippen LogP contribution in [0, 0.1) is 0 Å². The highest BCUT2D eigenvalue weighted by molar-refractivity contribution is 5.85. The molecule has 0 fully saturated rings. The summed E-state index contributed by atoms with van der Waals surface area (Å²) in [7, 11) is 0. The molecular formula is C10H16N6. The minimum atomic E-state index is 0.373. The van der Waals surface area contributed by atoms with Gasteiger partial charge in [-0.2, -0.15) is 5.10 Å². The molecule has 0 aliphatic carbocycles. The van der Waals surface area contributed by atoms with E-state index in [0.29, 0.717) is 11.9 Å². The van der Waals surface area contributed by atoms with Crippen LogP contribution in [-0.2, 0) is 0 Å². The van der Waals surface area contributed by atoms with Crippen molar-refractivity contribution in [2.75, 3.05) is 5.43 Å². The monoisotopic (exact) mass is 220 g/mol. The van der Waals surface area contributed by atoms with Crippen LogP contribution in [0.1, 0.15) is 32.7 Å². The SMILES string of the molecule is CCC(CC)n1ncc2c(NN)ncnc21. The van der Waals surface area contributed by atoms with Crippen LogP contribution in [0.4, 0.5) is 5.82 Å². The van der Waals surface area contributed by atoms with Gasteiger partial charge in [0.2, 0.25) is 0 Å². The Morgan fingerprint density at radius 2 is 2.12 bits per heavy atom. The Kier molecular flexibility index (Phi) is 3.00. The highest BCUT2D eigenvalue weighted by Crippen LogP contribution is 2.23. The van der Waals surface area contributed by atoms with E-state index < -0.39 is 0 Å². The molecule has 0 amide bonds. The summed E-state index contributed by atoms with van der Waals surface area (Å²) >= 11 is 0. The van der Waals surface area contributed by atoms with Crippen LogP contribution in [0.3, 0.4) is 0 Å². The van der Waals surface area contributed by atoms with Crippen LogP contribution in [0.2, 0.25) is 0 Å². The number of rotatable bonds is 4. The van der Waals surface area contributed by atoms with E-state index in [1.54, 1.807) is 6.20 Å². The number of nitrogens with two attached hydrogens (primary N) is 1. The molecule has 2 aromatic rings. The van der Waals surface area contributed by atoms with E-state index >= 15 is 0 Å². The van der Waals surface area contributed by atoms with Crippen molar-refractivity contribution in [3.8, 4) is 0 Å². The summed E-state index contributed by atoms with van der Waals surface area (Å²) in [6, 6.07) is 0.373. The molecule has 0 aromatic carbocycles. The first-order valence-electron chi connectivity index (χ1n) is 5.46. The van der Waals surface area contributed by atoms with Crippen molar-refractivity contribution < 1.29 is 0 Å². The van der Waals surface area contributed by atoms with Crippen LogP contribution in [-0.4, -0.2) is 19.7 Å². The molecule has 6 nitrogen and oxygen atoms in total. The Hall–Kier alpha value is -1.69. The maximum Gasteiger partial charge on any atom is 0.163 e. The van der Waals surface area contributed by atoms with Gasteiger partial charge in [-0.3, -0.25) is 0 Å². The Balaban J connectivity index is 2.56. The summed E-state index contributed by atoms with van der Waals surface area (Å²) in [5, 5.41) is 5.22. The van der Waals surface area contributed by atoms with Crippen LogP contribution in [0.25, 0.3) is 11.0 Å². The van der Waals surface area contributed by atoms with Crippen molar-refractivity contribution in [3.05, 3.63) is 12.5 Å². The van der Waals surface area contributed by atoms with E-state index in [2.05, 4.69) is 34.3 Å². The van der Waals surface area contributed by atoms with Crippen molar-refractivity contribution in [2.45, 2.75) is 32.7 Å². The standard InChI is InChI=1S/C10H16N6/c1-3-7(4-2)16-10-8(5-14-16)9(15-11)12-6-13-10/h5-7H,3-4,11H2,1-2H3,(H,12,13,15). The van der Waals surface area contributed by atoms with Gasteiger partial charge in [0.1, 0.15) is 6.33 Å². The maximum atomic E-state index is 5.39. The Morgan fingerprint density at radius 1 is 1.38 bits per heavy atom. The molecule has 0 saturated carbocycles. The number of hydrogen-bond acceptors (Lipinski definition) is 5. The number of fused-ring (bicyclic) bond motifs is 1. The highest BCUT2D eigenvalue weighted by Gasteiger charge is 2.14. The van der Waals surface area contributed by atoms with Crippen molar-refractivity contribution in [2.24, 2.45) is 5.84 Å². The number of hydrogen-bond donors (Lipinski definition) is 2. The lowest BCUT2D eigenvalue weighted by molar-refractivity contribution is 0.438. The number of aromatic nitrogens is 4. The third kappa shape index (κ3) is 1.61. The van der Waals surface area contributed by atoms with E-state index in [9.17, 15) is 0 Å². The Labute approximate surface area is 93.8 Å². The van der Waals surface area contributed by atoms with E-state index in [0.717, 1.165) is 23.9 Å². The zero-order valence-corrected chi connectivity index (χ0v) is 9.51. The van der Waals surface area contributed by atoms with E-state index in [4.69, 9.17) is 5.84 Å². The number of nitrogens with zero attached hydrogens (tertiary/aromatic N) is 4. The molecule has 2 aromatic heterocycles. The van der Waals surface area contributed by atoms with E-state index in [-0.39, 0.29) is 0 Å². The second kappa shape index (κ2) is 4.44. The van der Waals surface area contributed by atoms with Crippen LogP contribution >= 0.6 is 0 Å². The molecule has 0 spiro atoms. The van der Waals surface area contributed by atoms with Crippen molar-refractivity contribution in [3.63, 3.8) is 0 Å². The molecule has 16 heavy (non-hydrogen) atoms. The van der Waals surface area contributed by atoms with Gasteiger partial charge in [-0.25, -0.2) is 20.5 Å². The summed E-state index contributed by atoms with van der Waals surface area (Å²) in [4.78, 5) is 8.31. The first-order valence-corrected chi connectivity index (χ1v) is 5.46. The Morgan fingerprint density at radius 3 is 2.75 bits per heavy atom. The molecule has 0 unspecified atom stereocenters. The Bertz CT molecular complexity index is 473. The van der Waals surface area contributed by atoms with Gasteiger partial charge in [0.05, 0.1) is 17.6 Å². The lowest BCUT2D eigenvalue weighted by atomic mass is 10.2. The van der Waals surface area contributed by atoms with Crippen LogP contribution in [0.5, 0.6) is 0 Å². The van der Waals surface area contributed by atoms with Crippen LogP contribution < -0.4 is 11.3 Å². The molecule has 2 rings (SSSR count). The number of hydrazine groups is 1. The summed E-state index contributed by atoms with van der Waals surface area (Å²) in [6.07, 6.45) is 5.31. The minimum Gasteiger partial charge on any atom is -0.308 e. The summed E-state index contributed by atoms with van der Waals surface area (Å²) in [5.74, 6) is 6.00. The quantitative estimate of drug-likeness (QED) is 0.602. The summed E-state index contributed by atoms with van der Waals surface area (Å²) < 4.78 is 1.94. The largest absolute Gasteiger partial charge is 0.308 e. The first kappa shape index (κ1) is 10.8. The molecule has 6 heteroatoms. The molecule has 0 saturated heterocycles. The fourth-order valence-corrected chi connectivity index (χ4v) is 1.88. The minimum absolute atomic E-state index is 0.373.